The van der Waals surface area contributed by atoms with Gasteiger partial charge in [-0.25, -0.2) is 9.97 Å². The molecule has 0 atom stereocenters. The molecule has 10 nitrogen and oxygen atoms in total. The molecule has 0 unspecified atom stereocenters. The van der Waals surface area contributed by atoms with Crippen LogP contribution in [0.1, 0.15) is 15.2 Å². The molecule has 4 aromatic rings. The van der Waals surface area contributed by atoms with Crippen molar-refractivity contribution in [3.63, 3.8) is 0 Å². The molecule has 0 aliphatic carbocycles. The molecule has 0 radical (unpaired) electrons. The number of carbonyl (C=O) groups is 1. The van der Waals surface area contributed by atoms with Crippen LogP contribution in [-0.4, -0.2) is 37.2 Å². The first-order chi connectivity index (χ1) is 16.4. The first kappa shape index (κ1) is 22.6. The van der Waals surface area contributed by atoms with E-state index in [-0.39, 0.29) is 21.9 Å². The number of fused-ring (bicyclic) bond motifs is 1. The SMILES string of the molecule is COc1cc(-c2c(C#N)c(N)nc3sc(C(=O)Nc4ccccn4)c(N)c23)cc(OC)c1OC. The largest absolute Gasteiger partial charge is 0.493 e. The Morgan fingerprint density at radius 1 is 1.12 bits per heavy atom. The minimum absolute atomic E-state index is 0.0108. The fourth-order valence-electron chi connectivity index (χ4n) is 3.58. The third-order valence-corrected chi connectivity index (χ3v) is 6.18. The summed E-state index contributed by atoms with van der Waals surface area (Å²) < 4.78 is 16.3. The monoisotopic (exact) mass is 476 g/mol. The van der Waals surface area contributed by atoms with E-state index in [1.165, 1.54) is 21.3 Å². The van der Waals surface area contributed by atoms with Gasteiger partial charge in [-0.3, -0.25) is 4.79 Å². The normalized spacial score (nSPS) is 10.5. The first-order valence-electron chi connectivity index (χ1n) is 9.87. The van der Waals surface area contributed by atoms with Gasteiger partial charge in [0.05, 0.1) is 27.0 Å². The van der Waals surface area contributed by atoms with Crippen LogP contribution in [0.15, 0.2) is 36.5 Å². The Balaban J connectivity index is 1.97. The summed E-state index contributed by atoms with van der Waals surface area (Å²) in [7, 11) is 4.47. The van der Waals surface area contributed by atoms with Crippen LogP contribution in [-0.2, 0) is 0 Å². The maximum Gasteiger partial charge on any atom is 0.269 e. The summed E-state index contributed by atoms with van der Waals surface area (Å²) in [5, 5.41) is 13.0. The molecule has 0 saturated carbocycles. The Bertz CT molecular complexity index is 1420. The van der Waals surface area contributed by atoms with Crippen LogP contribution < -0.4 is 31.0 Å². The summed E-state index contributed by atoms with van der Waals surface area (Å²) in [6.07, 6.45) is 1.56. The molecular formula is C23H20N6O4S. The van der Waals surface area contributed by atoms with Crippen molar-refractivity contribution in [3.8, 4) is 34.4 Å². The number of carbonyl (C=O) groups excluding carboxylic acids is 1. The Kier molecular flexibility index (Phi) is 6.07. The number of nitrogens with two attached hydrogens (primary N) is 2. The van der Waals surface area contributed by atoms with Crippen molar-refractivity contribution in [2.75, 3.05) is 38.1 Å². The van der Waals surface area contributed by atoms with Crippen molar-refractivity contribution >= 4 is 44.8 Å². The molecule has 1 amide bonds. The number of nitrogens with one attached hydrogen (secondary N) is 1. The van der Waals surface area contributed by atoms with Crippen molar-refractivity contribution in [2.45, 2.75) is 0 Å². The first-order valence-corrected chi connectivity index (χ1v) is 10.7. The van der Waals surface area contributed by atoms with E-state index < -0.39 is 5.91 Å². The van der Waals surface area contributed by atoms with Gasteiger partial charge in [0.25, 0.3) is 5.91 Å². The number of nitrogen functional groups attached to an aromatic ring is 2. The lowest BCUT2D eigenvalue weighted by molar-refractivity contribution is 0.103. The second kappa shape index (κ2) is 9.13. The van der Waals surface area contributed by atoms with Crippen molar-refractivity contribution in [2.24, 2.45) is 0 Å². The molecular weight excluding hydrogens is 456 g/mol. The van der Waals surface area contributed by atoms with Gasteiger partial charge in [0.1, 0.15) is 33.0 Å². The molecule has 0 fully saturated rings. The predicted octanol–water partition coefficient (Wildman–Crippen LogP) is 3.67. The number of methoxy groups -OCH3 is 3. The maximum absolute atomic E-state index is 13.0. The zero-order chi connectivity index (χ0) is 24.4. The van der Waals surface area contributed by atoms with Gasteiger partial charge in [-0.1, -0.05) is 6.07 Å². The van der Waals surface area contributed by atoms with Gasteiger partial charge < -0.3 is 31.0 Å². The van der Waals surface area contributed by atoms with Crippen molar-refractivity contribution in [3.05, 3.63) is 47.0 Å². The highest BCUT2D eigenvalue weighted by Gasteiger charge is 2.26. The van der Waals surface area contributed by atoms with Gasteiger partial charge in [0, 0.05) is 17.1 Å². The van der Waals surface area contributed by atoms with Crippen molar-refractivity contribution in [1.82, 2.24) is 9.97 Å². The summed E-state index contributed by atoms with van der Waals surface area (Å²) in [5.41, 5.74) is 13.8. The van der Waals surface area contributed by atoms with Gasteiger partial charge in [-0.05, 0) is 29.8 Å². The van der Waals surface area contributed by atoms with E-state index in [9.17, 15) is 10.1 Å². The van der Waals surface area contributed by atoms with Crippen LogP contribution >= 0.6 is 11.3 Å². The molecule has 0 aliphatic rings. The fourth-order valence-corrected chi connectivity index (χ4v) is 4.58. The number of anilines is 3. The lowest BCUT2D eigenvalue weighted by atomic mass is 9.96. The molecule has 0 aliphatic heterocycles. The van der Waals surface area contributed by atoms with E-state index in [0.717, 1.165) is 11.3 Å². The zero-order valence-electron chi connectivity index (χ0n) is 18.5. The quantitative estimate of drug-likeness (QED) is 0.377. The number of nitrogens with zero attached hydrogens (tertiary/aromatic N) is 3. The van der Waals surface area contributed by atoms with Crippen LogP contribution in [0.4, 0.5) is 17.3 Å². The Morgan fingerprint density at radius 2 is 1.82 bits per heavy atom. The summed E-state index contributed by atoms with van der Waals surface area (Å²) >= 11 is 1.07. The maximum atomic E-state index is 13.0. The number of rotatable bonds is 6. The van der Waals surface area contributed by atoms with E-state index >= 15 is 0 Å². The topological polar surface area (TPSA) is 158 Å². The lowest BCUT2D eigenvalue weighted by Gasteiger charge is -2.16. The number of thiophene rings is 1. The molecule has 4 rings (SSSR count). The Morgan fingerprint density at radius 3 is 2.38 bits per heavy atom. The Hall–Kier alpha value is -4.56. The van der Waals surface area contributed by atoms with E-state index in [0.29, 0.717) is 44.4 Å². The van der Waals surface area contributed by atoms with Gasteiger partial charge in [0.2, 0.25) is 5.75 Å². The van der Waals surface area contributed by atoms with E-state index in [4.69, 9.17) is 25.7 Å². The van der Waals surface area contributed by atoms with E-state index in [1.807, 2.05) is 0 Å². The molecule has 3 aromatic heterocycles. The third kappa shape index (κ3) is 3.76. The number of hydrogen-bond donors (Lipinski definition) is 3. The van der Waals surface area contributed by atoms with Gasteiger partial charge >= 0.3 is 0 Å². The van der Waals surface area contributed by atoms with Crippen LogP contribution in [0.2, 0.25) is 0 Å². The van der Waals surface area contributed by atoms with Crippen LogP contribution in [0.5, 0.6) is 17.2 Å². The van der Waals surface area contributed by atoms with Crippen LogP contribution in [0.3, 0.4) is 0 Å². The Labute approximate surface area is 198 Å². The predicted molar refractivity (Wildman–Crippen MR) is 130 cm³/mol. The standard InChI is InChI=1S/C23H20N6O4S/c1-31-13-8-11(9-14(32-2)19(13)33-3)16-12(10-24)21(26)29-23-17(16)18(25)20(34-23)22(30)28-15-6-4-5-7-27-15/h4-9H,25H2,1-3H3,(H2,26,29)(H,27,28,30). The zero-order valence-corrected chi connectivity index (χ0v) is 19.3. The van der Waals surface area contributed by atoms with Gasteiger partial charge in [0.15, 0.2) is 11.5 Å². The lowest BCUT2D eigenvalue weighted by Crippen LogP contribution is -2.12. The number of nitriles is 1. The third-order valence-electron chi connectivity index (χ3n) is 5.08. The second-order valence-corrected chi connectivity index (χ2v) is 7.97. The number of amides is 1. The van der Waals surface area contributed by atoms with Crippen molar-refractivity contribution < 1.29 is 19.0 Å². The molecule has 3 heterocycles. The highest BCUT2D eigenvalue weighted by molar-refractivity contribution is 7.21. The fraction of sp³-hybridized carbons (Fsp3) is 0.130. The molecule has 0 saturated heterocycles. The molecule has 172 valence electrons. The summed E-state index contributed by atoms with van der Waals surface area (Å²) in [4.78, 5) is 22.0. The van der Waals surface area contributed by atoms with Gasteiger partial charge in [-0.15, -0.1) is 11.3 Å². The number of hydrogen-bond acceptors (Lipinski definition) is 10. The molecule has 5 N–H and O–H groups in total. The van der Waals surface area contributed by atoms with Crippen LogP contribution in [0, 0.1) is 11.3 Å². The average Bonchev–Trinajstić information content (AvgIpc) is 3.18. The van der Waals surface area contributed by atoms with E-state index in [1.54, 1.807) is 36.5 Å². The minimum Gasteiger partial charge on any atom is -0.493 e. The average molecular weight is 477 g/mol. The van der Waals surface area contributed by atoms with Crippen LogP contribution in [0.25, 0.3) is 21.3 Å². The van der Waals surface area contributed by atoms with Gasteiger partial charge in [-0.2, -0.15) is 5.26 Å². The number of pyridine rings is 2. The van der Waals surface area contributed by atoms with E-state index in [2.05, 4.69) is 21.4 Å². The molecule has 34 heavy (non-hydrogen) atoms. The minimum atomic E-state index is -0.452. The molecule has 11 heteroatoms. The number of aromatic nitrogens is 2. The molecule has 0 bridgehead atoms. The van der Waals surface area contributed by atoms with Crippen molar-refractivity contribution in [1.29, 1.82) is 5.26 Å². The second-order valence-electron chi connectivity index (χ2n) is 6.97. The number of benzene rings is 1. The smallest absolute Gasteiger partial charge is 0.269 e. The highest BCUT2D eigenvalue weighted by atomic mass is 32.1. The summed E-state index contributed by atoms with van der Waals surface area (Å²) in [6, 6.07) is 10.6. The summed E-state index contributed by atoms with van der Waals surface area (Å²) in [5.74, 6) is 1.08. The summed E-state index contributed by atoms with van der Waals surface area (Å²) in [6.45, 7) is 0. The number of ether oxygens (including phenoxy) is 3. The molecule has 0 spiro atoms. The highest BCUT2D eigenvalue weighted by Crippen LogP contribution is 2.47. The molecule has 1 aromatic carbocycles.